The van der Waals surface area contributed by atoms with Gasteiger partial charge in [0.2, 0.25) is 0 Å². The highest BCUT2D eigenvalue weighted by Crippen LogP contribution is 2.28. The molecule has 1 saturated heterocycles. The lowest BCUT2D eigenvalue weighted by Gasteiger charge is -2.23. The number of amides is 1. The molecule has 1 aromatic carbocycles. The number of nitrogens with one attached hydrogen (secondary N) is 2. The second-order valence-electron chi connectivity index (χ2n) is 5.75. The largest absolute Gasteiger partial charge is 0.495 e. The molecule has 2 aromatic rings. The van der Waals surface area contributed by atoms with Crippen LogP contribution < -0.4 is 15.4 Å². The number of halogens is 1. The number of aromatic nitrogens is 3. The van der Waals surface area contributed by atoms with E-state index in [0.29, 0.717) is 22.2 Å². The Morgan fingerprint density at radius 2 is 2.17 bits per heavy atom. The van der Waals surface area contributed by atoms with E-state index in [0.717, 1.165) is 31.6 Å². The molecule has 8 heteroatoms. The van der Waals surface area contributed by atoms with Crippen LogP contribution in [0.25, 0.3) is 0 Å². The lowest BCUT2D eigenvalue weighted by molar-refractivity contribution is 0.102. The first-order valence-electron chi connectivity index (χ1n) is 7.87. The van der Waals surface area contributed by atoms with Gasteiger partial charge < -0.3 is 15.4 Å². The molecule has 3 rings (SSSR count). The van der Waals surface area contributed by atoms with Crippen molar-refractivity contribution in [2.24, 2.45) is 0 Å². The minimum absolute atomic E-state index is 0.279. The van der Waals surface area contributed by atoms with E-state index in [4.69, 9.17) is 16.3 Å². The number of benzene rings is 1. The van der Waals surface area contributed by atoms with Crippen LogP contribution in [-0.4, -0.2) is 41.1 Å². The number of carbonyl (C=O) groups is 1. The van der Waals surface area contributed by atoms with Gasteiger partial charge in [-0.2, -0.15) is 0 Å². The van der Waals surface area contributed by atoms with E-state index in [9.17, 15) is 4.79 Å². The number of carbonyl (C=O) groups excluding carboxylic acids is 1. The zero-order chi connectivity index (χ0) is 17.1. The first-order valence-corrected chi connectivity index (χ1v) is 8.25. The smallest absolute Gasteiger partial charge is 0.278 e. The maximum absolute atomic E-state index is 12.6. The minimum atomic E-state index is -0.326. The molecule has 0 saturated carbocycles. The molecule has 1 fully saturated rings. The van der Waals surface area contributed by atoms with E-state index < -0.39 is 0 Å². The molecule has 0 radical (unpaired) electrons. The third kappa shape index (κ3) is 3.37. The highest BCUT2D eigenvalue weighted by atomic mass is 35.5. The average Bonchev–Trinajstić information content (AvgIpc) is 2.97. The van der Waals surface area contributed by atoms with Crippen LogP contribution in [0.4, 0.5) is 5.69 Å². The van der Waals surface area contributed by atoms with Crippen molar-refractivity contribution in [2.45, 2.75) is 25.8 Å². The van der Waals surface area contributed by atoms with Crippen molar-refractivity contribution >= 4 is 23.2 Å². The molecule has 128 valence electrons. The van der Waals surface area contributed by atoms with Gasteiger partial charge in [-0.05, 0) is 51.1 Å². The zero-order valence-corrected chi connectivity index (χ0v) is 14.4. The molecule has 7 nitrogen and oxygen atoms in total. The van der Waals surface area contributed by atoms with Crippen molar-refractivity contribution in [3.05, 3.63) is 34.6 Å². The molecule has 1 aliphatic heterocycles. The standard InChI is InChI=1S/C16H20ClN5O2/c1-10-15(20-21-22(10)12-5-7-18-8-6-12)16(23)19-13-9-11(17)3-4-14(13)24-2/h3-4,9,12,18H,5-8H2,1-2H3,(H,19,23). The van der Waals surface area contributed by atoms with E-state index in [-0.39, 0.29) is 11.9 Å². The van der Waals surface area contributed by atoms with Crippen molar-refractivity contribution in [1.29, 1.82) is 0 Å². The normalized spacial score (nSPS) is 15.3. The van der Waals surface area contributed by atoms with Crippen LogP contribution in [0.2, 0.25) is 5.02 Å². The Hall–Kier alpha value is -2.12. The monoisotopic (exact) mass is 349 g/mol. The number of rotatable bonds is 4. The van der Waals surface area contributed by atoms with Crippen LogP contribution >= 0.6 is 11.6 Å². The summed E-state index contributed by atoms with van der Waals surface area (Å²) in [6.45, 7) is 3.77. The van der Waals surface area contributed by atoms with Gasteiger partial charge >= 0.3 is 0 Å². The summed E-state index contributed by atoms with van der Waals surface area (Å²) in [6, 6.07) is 5.33. The highest BCUT2D eigenvalue weighted by Gasteiger charge is 2.23. The van der Waals surface area contributed by atoms with Crippen molar-refractivity contribution in [1.82, 2.24) is 20.3 Å². The summed E-state index contributed by atoms with van der Waals surface area (Å²) in [5.41, 5.74) is 1.58. The molecule has 0 atom stereocenters. The maximum Gasteiger partial charge on any atom is 0.278 e. The summed E-state index contributed by atoms with van der Waals surface area (Å²) in [6.07, 6.45) is 1.96. The Labute approximate surface area is 145 Å². The second kappa shape index (κ2) is 7.19. The van der Waals surface area contributed by atoms with Crippen molar-refractivity contribution in [2.75, 3.05) is 25.5 Å². The van der Waals surface area contributed by atoms with Gasteiger partial charge in [0.15, 0.2) is 5.69 Å². The fourth-order valence-electron chi connectivity index (χ4n) is 2.91. The molecular formula is C16H20ClN5O2. The molecule has 2 heterocycles. The fraction of sp³-hybridized carbons (Fsp3) is 0.438. The topological polar surface area (TPSA) is 81.1 Å². The number of anilines is 1. The van der Waals surface area contributed by atoms with Gasteiger partial charge in [0.25, 0.3) is 5.91 Å². The number of ether oxygens (including phenoxy) is 1. The lowest BCUT2D eigenvalue weighted by Crippen LogP contribution is -2.30. The van der Waals surface area contributed by atoms with Crippen LogP contribution in [-0.2, 0) is 0 Å². The van der Waals surface area contributed by atoms with Crippen LogP contribution in [0.3, 0.4) is 0 Å². The number of methoxy groups -OCH3 is 1. The molecule has 1 aromatic heterocycles. The Kier molecular flexibility index (Phi) is 5.01. The molecule has 2 N–H and O–H groups in total. The first-order chi connectivity index (χ1) is 11.6. The SMILES string of the molecule is COc1ccc(Cl)cc1NC(=O)c1nnn(C2CCNCC2)c1C. The number of hydrogen-bond acceptors (Lipinski definition) is 5. The summed E-state index contributed by atoms with van der Waals surface area (Å²) < 4.78 is 7.10. The van der Waals surface area contributed by atoms with E-state index in [1.807, 2.05) is 11.6 Å². The van der Waals surface area contributed by atoms with Crippen LogP contribution in [0.15, 0.2) is 18.2 Å². The van der Waals surface area contributed by atoms with E-state index in [1.54, 1.807) is 18.2 Å². The Balaban J connectivity index is 1.81. The molecule has 1 amide bonds. The lowest BCUT2D eigenvalue weighted by atomic mass is 10.1. The van der Waals surface area contributed by atoms with Crippen LogP contribution in [0.1, 0.15) is 35.1 Å². The maximum atomic E-state index is 12.6. The number of nitrogens with zero attached hydrogens (tertiary/aromatic N) is 3. The molecule has 0 aliphatic carbocycles. The predicted octanol–water partition coefficient (Wildman–Crippen LogP) is 2.43. The summed E-state index contributed by atoms with van der Waals surface area (Å²) in [4.78, 5) is 12.6. The van der Waals surface area contributed by atoms with E-state index in [1.165, 1.54) is 7.11 Å². The van der Waals surface area contributed by atoms with Gasteiger partial charge in [-0.1, -0.05) is 16.8 Å². The van der Waals surface area contributed by atoms with E-state index >= 15 is 0 Å². The molecule has 0 bridgehead atoms. The summed E-state index contributed by atoms with van der Waals surface area (Å²) in [7, 11) is 1.54. The number of hydrogen-bond donors (Lipinski definition) is 2. The van der Waals surface area contributed by atoms with Gasteiger partial charge in [0.05, 0.1) is 24.5 Å². The van der Waals surface area contributed by atoms with E-state index in [2.05, 4.69) is 20.9 Å². The number of piperidine rings is 1. The van der Waals surface area contributed by atoms with Gasteiger partial charge in [-0.25, -0.2) is 4.68 Å². The van der Waals surface area contributed by atoms with Gasteiger partial charge in [-0.3, -0.25) is 4.79 Å². The summed E-state index contributed by atoms with van der Waals surface area (Å²) in [5.74, 6) is 0.212. The Morgan fingerprint density at radius 1 is 1.42 bits per heavy atom. The Bertz CT molecular complexity index is 740. The van der Waals surface area contributed by atoms with Crippen molar-refractivity contribution < 1.29 is 9.53 Å². The van der Waals surface area contributed by atoms with Gasteiger partial charge in [0.1, 0.15) is 5.75 Å². The molecule has 0 spiro atoms. The predicted molar refractivity (Wildman–Crippen MR) is 91.9 cm³/mol. The average molecular weight is 350 g/mol. The minimum Gasteiger partial charge on any atom is -0.495 e. The third-order valence-corrected chi connectivity index (χ3v) is 4.44. The van der Waals surface area contributed by atoms with Crippen molar-refractivity contribution in [3.8, 4) is 5.75 Å². The van der Waals surface area contributed by atoms with Gasteiger partial charge in [0, 0.05) is 5.02 Å². The third-order valence-electron chi connectivity index (χ3n) is 4.21. The molecule has 24 heavy (non-hydrogen) atoms. The molecular weight excluding hydrogens is 330 g/mol. The fourth-order valence-corrected chi connectivity index (χ4v) is 3.08. The first kappa shape index (κ1) is 16.7. The molecule has 1 aliphatic rings. The Morgan fingerprint density at radius 3 is 2.88 bits per heavy atom. The quantitative estimate of drug-likeness (QED) is 0.886. The summed E-state index contributed by atoms with van der Waals surface area (Å²) in [5, 5.41) is 14.9. The molecule has 0 unspecified atom stereocenters. The second-order valence-corrected chi connectivity index (χ2v) is 6.18. The highest BCUT2D eigenvalue weighted by molar-refractivity contribution is 6.31. The van der Waals surface area contributed by atoms with Crippen LogP contribution in [0.5, 0.6) is 5.75 Å². The van der Waals surface area contributed by atoms with Crippen molar-refractivity contribution in [3.63, 3.8) is 0 Å². The van der Waals surface area contributed by atoms with Gasteiger partial charge in [-0.15, -0.1) is 5.10 Å². The summed E-state index contributed by atoms with van der Waals surface area (Å²) >= 11 is 6.00. The zero-order valence-electron chi connectivity index (χ0n) is 13.7. The van der Waals surface area contributed by atoms with Crippen LogP contribution in [0, 0.1) is 6.92 Å².